The standard InChI is InChI=1S/C17H22O5/c1-5-11-19-12-13(2)17(18)22-15(4)20-14(3)21-16-9-7-6-8-10-16/h5-10,14-15H,1-2,11-12H2,3-4H3. The quantitative estimate of drug-likeness (QED) is 0.219. The van der Waals surface area contributed by atoms with Crippen molar-refractivity contribution in [2.75, 3.05) is 13.2 Å². The Hall–Kier alpha value is -2.11. The van der Waals surface area contributed by atoms with Crippen LogP contribution in [0.15, 0.2) is 55.1 Å². The molecule has 0 aliphatic heterocycles. The first-order valence-corrected chi connectivity index (χ1v) is 6.97. The van der Waals surface area contributed by atoms with Gasteiger partial charge in [0.25, 0.3) is 0 Å². The Bertz CT molecular complexity index is 483. The molecule has 1 rings (SSSR count). The van der Waals surface area contributed by atoms with Gasteiger partial charge < -0.3 is 18.9 Å². The molecule has 0 radical (unpaired) electrons. The molecule has 0 spiro atoms. The van der Waals surface area contributed by atoms with Crippen LogP contribution in [0.1, 0.15) is 13.8 Å². The molecule has 0 bridgehead atoms. The smallest absolute Gasteiger partial charge is 0.338 e. The topological polar surface area (TPSA) is 54.0 Å². The molecule has 0 saturated carbocycles. The van der Waals surface area contributed by atoms with Gasteiger partial charge >= 0.3 is 5.97 Å². The number of hydrogen-bond acceptors (Lipinski definition) is 5. The average molecular weight is 306 g/mol. The number of carbonyl (C=O) groups excluding carboxylic acids is 1. The molecule has 2 unspecified atom stereocenters. The van der Waals surface area contributed by atoms with E-state index in [9.17, 15) is 4.79 Å². The van der Waals surface area contributed by atoms with Crippen LogP contribution in [0, 0.1) is 0 Å². The van der Waals surface area contributed by atoms with Crippen LogP contribution in [0.4, 0.5) is 0 Å². The molecule has 0 aromatic heterocycles. The normalized spacial score (nSPS) is 13.0. The largest absolute Gasteiger partial charge is 0.465 e. The van der Waals surface area contributed by atoms with Gasteiger partial charge in [-0.2, -0.15) is 0 Å². The third-order valence-corrected chi connectivity index (χ3v) is 2.50. The molecule has 5 heteroatoms. The van der Waals surface area contributed by atoms with Crippen molar-refractivity contribution in [3.05, 3.63) is 55.1 Å². The van der Waals surface area contributed by atoms with Crippen LogP contribution in [0.3, 0.4) is 0 Å². The fourth-order valence-corrected chi connectivity index (χ4v) is 1.57. The van der Waals surface area contributed by atoms with E-state index in [1.54, 1.807) is 19.9 Å². The fourth-order valence-electron chi connectivity index (χ4n) is 1.57. The van der Waals surface area contributed by atoms with E-state index < -0.39 is 18.5 Å². The summed E-state index contributed by atoms with van der Waals surface area (Å²) in [5.74, 6) is 0.110. The Morgan fingerprint density at radius 2 is 1.91 bits per heavy atom. The molecule has 5 nitrogen and oxygen atoms in total. The van der Waals surface area contributed by atoms with Crippen molar-refractivity contribution in [3.63, 3.8) is 0 Å². The van der Waals surface area contributed by atoms with Crippen molar-refractivity contribution in [2.24, 2.45) is 0 Å². The Balaban J connectivity index is 2.32. The number of hydrogen-bond donors (Lipinski definition) is 0. The lowest BCUT2D eigenvalue weighted by atomic mass is 10.3. The maximum Gasteiger partial charge on any atom is 0.338 e. The fraction of sp³-hybridized carbons (Fsp3) is 0.353. The second-order valence-electron chi connectivity index (χ2n) is 4.51. The number of para-hydroxylation sites is 1. The first-order valence-electron chi connectivity index (χ1n) is 6.97. The molecule has 0 heterocycles. The van der Waals surface area contributed by atoms with Crippen molar-refractivity contribution in [3.8, 4) is 5.75 Å². The number of benzene rings is 1. The number of rotatable bonds is 10. The minimum absolute atomic E-state index is 0.0909. The number of ether oxygens (including phenoxy) is 4. The van der Waals surface area contributed by atoms with Crippen LogP contribution < -0.4 is 4.74 Å². The van der Waals surface area contributed by atoms with Crippen LogP contribution in [-0.4, -0.2) is 31.8 Å². The van der Waals surface area contributed by atoms with E-state index in [1.807, 2.05) is 30.3 Å². The molecule has 120 valence electrons. The second kappa shape index (κ2) is 9.76. The molecule has 0 aliphatic rings. The van der Waals surface area contributed by atoms with Crippen LogP contribution in [0.25, 0.3) is 0 Å². The van der Waals surface area contributed by atoms with Gasteiger partial charge in [0.15, 0.2) is 0 Å². The molecule has 1 aromatic carbocycles. The summed E-state index contributed by atoms with van der Waals surface area (Å²) in [6, 6.07) is 9.24. The summed E-state index contributed by atoms with van der Waals surface area (Å²) in [4.78, 5) is 11.7. The predicted octanol–water partition coefficient (Wildman–Crippen LogP) is 3.08. The minimum Gasteiger partial charge on any atom is -0.465 e. The SMILES string of the molecule is C=CCOCC(=C)C(=O)OC(C)OC(C)Oc1ccccc1. The molecule has 1 aromatic rings. The van der Waals surface area contributed by atoms with Gasteiger partial charge in [-0.25, -0.2) is 4.79 Å². The molecular weight excluding hydrogens is 284 g/mol. The third kappa shape index (κ3) is 7.06. The lowest BCUT2D eigenvalue weighted by molar-refractivity contribution is -0.205. The van der Waals surface area contributed by atoms with Gasteiger partial charge in [0.1, 0.15) is 5.75 Å². The summed E-state index contributed by atoms with van der Waals surface area (Å²) in [5.41, 5.74) is 0.217. The highest BCUT2D eigenvalue weighted by molar-refractivity contribution is 5.88. The summed E-state index contributed by atoms with van der Waals surface area (Å²) in [5, 5.41) is 0. The molecule has 0 N–H and O–H groups in total. The van der Waals surface area contributed by atoms with Gasteiger partial charge in [0.05, 0.1) is 18.8 Å². The van der Waals surface area contributed by atoms with Gasteiger partial charge in [0, 0.05) is 0 Å². The van der Waals surface area contributed by atoms with Crippen LogP contribution in [0.5, 0.6) is 5.75 Å². The average Bonchev–Trinajstić information content (AvgIpc) is 2.47. The summed E-state index contributed by atoms with van der Waals surface area (Å²) in [6.07, 6.45) is 0.269. The first kappa shape index (κ1) is 17.9. The Morgan fingerprint density at radius 1 is 1.23 bits per heavy atom. The number of carbonyl (C=O) groups is 1. The molecule has 2 atom stereocenters. The first-order chi connectivity index (χ1) is 10.5. The molecule has 0 amide bonds. The molecule has 0 fully saturated rings. The van der Waals surface area contributed by atoms with E-state index in [-0.39, 0.29) is 12.2 Å². The van der Waals surface area contributed by atoms with Crippen molar-refractivity contribution < 1.29 is 23.7 Å². The third-order valence-electron chi connectivity index (χ3n) is 2.50. The van der Waals surface area contributed by atoms with Crippen LogP contribution in [-0.2, 0) is 19.0 Å². The predicted molar refractivity (Wildman–Crippen MR) is 83.3 cm³/mol. The highest BCUT2D eigenvalue weighted by atomic mass is 16.8. The van der Waals surface area contributed by atoms with Gasteiger partial charge in [-0.15, -0.1) is 6.58 Å². The van der Waals surface area contributed by atoms with Crippen molar-refractivity contribution >= 4 is 5.97 Å². The maximum atomic E-state index is 11.7. The Morgan fingerprint density at radius 3 is 2.55 bits per heavy atom. The number of esters is 1. The summed E-state index contributed by atoms with van der Waals surface area (Å²) >= 11 is 0. The highest BCUT2D eigenvalue weighted by Gasteiger charge is 2.16. The zero-order valence-electron chi connectivity index (χ0n) is 13.0. The van der Waals surface area contributed by atoms with Crippen molar-refractivity contribution in [2.45, 2.75) is 26.4 Å². The minimum atomic E-state index is -0.762. The zero-order chi connectivity index (χ0) is 16.4. The molecule has 0 saturated heterocycles. The van der Waals surface area contributed by atoms with Crippen LogP contribution in [0.2, 0.25) is 0 Å². The van der Waals surface area contributed by atoms with E-state index in [2.05, 4.69) is 13.2 Å². The Labute approximate surface area is 131 Å². The second-order valence-corrected chi connectivity index (χ2v) is 4.51. The van der Waals surface area contributed by atoms with Crippen LogP contribution >= 0.6 is 0 Å². The molecule has 22 heavy (non-hydrogen) atoms. The van der Waals surface area contributed by atoms with Gasteiger partial charge in [-0.1, -0.05) is 30.9 Å². The summed E-state index contributed by atoms with van der Waals surface area (Å²) in [6.45, 7) is 10.9. The van der Waals surface area contributed by atoms with Gasteiger partial charge in [-0.3, -0.25) is 0 Å². The van der Waals surface area contributed by atoms with Crippen molar-refractivity contribution in [1.82, 2.24) is 0 Å². The van der Waals surface area contributed by atoms with Crippen molar-refractivity contribution in [1.29, 1.82) is 0 Å². The lowest BCUT2D eigenvalue weighted by Crippen LogP contribution is -2.27. The van der Waals surface area contributed by atoms with Gasteiger partial charge in [-0.05, 0) is 26.0 Å². The van der Waals surface area contributed by atoms with E-state index in [1.165, 1.54) is 0 Å². The van der Waals surface area contributed by atoms with E-state index in [0.717, 1.165) is 0 Å². The summed E-state index contributed by atoms with van der Waals surface area (Å²) < 4.78 is 21.2. The lowest BCUT2D eigenvalue weighted by Gasteiger charge is -2.20. The van der Waals surface area contributed by atoms with E-state index >= 15 is 0 Å². The Kier molecular flexibility index (Phi) is 7.96. The molecule has 0 aliphatic carbocycles. The van der Waals surface area contributed by atoms with Gasteiger partial charge in [0.2, 0.25) is 12.6 Å². The van der Waals surface area contributed by atoms with E-state index in [4.69, 9.17) is 18.9 Å². The molecular formula is C17H22O5. The van der Waals surface area contributed by atoms with E-state index in [0.29, 0.717) is 12.4 Å². The maximum absolute atomic E-state index is 11.7. The highest BCUT2D eigenvalue weighted by Crippen LogP contribution is 2.13. The monoisotopic (exact) mass is 306 g/mol. The summed E-state index contributed by atoms with van der Waals surface area (Å²) in [7, 11) is 0. The zero-order valence-corrected chi connectivity index (χ0v) is 13.0.